The average Bonchev–Trinajstić information content (AvgIpc) is 2.82. The molecule has 2 atom stereocenters. The van der Waals surface area contributed by atoms with Crippen molar-refractivity contribution < 1.29 is 0 Å². The van der Waals surface area contributed by atoms with Crippen molar-refractivity contribution in [1.29, 1.82) is 0 Å². The molecular weight excluding hydrogens is 283 g/mol. The van der Waals surface area contributed by atoms with Gasteiger partial charge in [-0.3, -0.25) is 4.90 Å². The number of aromatic nitrogens is 1. The van der Waals surface area contributed by atoms with Crippen LogP contribution in [0.1, 0.15) is 24.3 Å². The van der Waals surface area contributed by atoms with Crippen LogP contribution in [0.2, 0.25) is 0 Å². The third-order valence-electron chi connectivity index (χ3n) is 3.30. The molecule has 0 bridgehead atoms. The molecule has 0 aliphatic carbocycles. The lowest BCUT2D eigenvalue weighted by molar-refractivity contribution is 0.317. The highest BCUT2D eigenvalue weighted by molar-refractivity contribution is 9.10. The lowest BCUT2D eigenvalue weighted by atomic mass is 10.2. The van der Waals surface area contributed by atoms with Gasteiger partial charge in [-0.2, -0.15) is 0 Å². The summed E-state index contributed by atoms with van der Waals surface area (Å²) in [5.74, 6) is 0. The summed E-state index contributed by atoms with van der Waals surface area (Å²) in [5.41, 5.74) is 2.55. The van der Waals surface area contributed by atoms with Gasteiger partial charge in [0, 0.05) is 9.59 Å². The zero-order chi connectivity index (χ0) is 11.1. The molecule has 1 aliphatic rings. The Bertz CT molecular complexity index is 523. The number of fused-ring (bicyclic) bond motifs is 1. The number of nitrogens with zero attached hydrogens (tertiary/aromatic N) is 2. The van der Waals surface area contributed by atoms with Crippen LogP contribution in [0.5, 0.6) is 0 Å². The number of benzene rings is 1. The standard InChI is InChI=1S/C12H14BrN2P/c1-15-6-2-3-10(15)12-14-9-7-8(13)4-5-11(9)16-12/h4-5,7,10,16H,2-3,6H2,1H3. The summed E-state index contributed by atoms with van der Waals surface area (Å²) < 4.78 is 1.13. The Hall–Kier alpha value is -0.370. The monoisotopic (exact) mass is 296 g/mol. The second kappa shape index (κ2) is 4.14. The molecule has 1 fully saturated rings. The summed E-state index contributed by atoms with van der Waals surface area (Å²) in [6.07, 6.45) is 2.59. The van der Waals surface area contributed by atoms with E-state index in [0.29, 0.717) is 6.04 Å². The minimum atomic E-state index is 0.588. The molecule has 0 radical (unpaired) electrons. The number of hydrogen-bond donors (Lipinski definition) is 0. The highest BCUT2D eigenvalue weighted by atomic mass is 79.9. The second-order valence-electron chi connectivity index (χ2n) is 4.42. The van der Waals surface area contributed by atoms with E-state index in [1.165, 1.54) is 35.4 Å². The van der Waals surface area contributed by atoms with E-state index in [1.807, 2.05) is 0 Å². The Kier molecular flexibility index (Phi) is 2.78. The van der Waals surface area contributed by atoms with Crippen molar-refractivity contribution in [3.63, 3.8) is 0 Å². The highest BCUT2D eigenvalue weighted by Gasteiger charge is 2.24. The molecule has 16 heavy (non-hydrogen) atoms. The fourth-order valence-electron chi connectivity index (χ4n) is 2.41. The van der Waals surface area contributed by atoms with Crippen molar-refractivity contribution in [2.75, 3.05) is 13.6 Å². The summed E-state index contributed by atoms with van der Waals surface area (Å²) in [5, 5.41) is 1.40. The van der Waals surface area contributed by atoms with E-state index in [4.69, 9.17) is 4.98 Å². The van der Waals surface area contributed by atoms with Crippen molar-refractivity contribution in [2.24, 2.45) is 0 Å². The van der Waals surface area contributed by atoms with Gasteiger partial charge in [0.05, 0.1) is 17.0 Å². The van der Waals surface area contributed by atoms with Crippen molar-refractivity contribution in [2.45, 2.75) is 18.9 Å². The van der Waals surface area contributed by atoms with Crippen LogP contribution in [-0.4, -0.2) is 23.5 Å². The number of hydrogen-bond acceptors (Lipinski definition) is 2. The van der Waals surface area contributed by atoms with Gasteiger partial charge in [0.2, 0.25) is 0 Å². The molecule has 3 rings (SSSR count). The average molecular weight is 297 g/mol. The molecule has 84 valence electrons. The first-order valence-electron chi connectivity index (χ1n) is 5.59. The summed E-state index contributed by atoms with van der Waals surface area (Å²) in [4.78, 5) is 7.24. The van der Waals surface area contributed by atoms with Gasteiger partial charge in [-0.25, -0.2) is 4.98 Å². The van der Waals surface area contributed by atoms with Gasteiger partial charge < -0.3 is 0 Å². The Morgan fingerprint density at radius 3 is 3.12 bits per heavy atom. The van der Waals surface area contributed by atoms with Gasteiger partial charge in [0.25, 0.3) is 0 Å². The van der Waals surface area contributed by atoms with E-state index < -0.39 is 0 Å². The lowest BCUT2D eigenvalue weighted by Crippen LogP contribution is -2.16. The SMILES string of the molecule is CN1CCCC1c1nc2cc(Br)ccc2[pH]1. The second-order valence-corrected chi connectivity index (χ2v) is 6.64. The van der Waals surface area contributed by atoms with E-state index >= 15 is 0 Å². The normalized spacial score (nSPS) is 22.5. The summed E-state index contributed by atoms with van der Waals surface area (Å²) >= 11 is 3.50. The van der Waals surface area contributed by atoms with E-state index in [2.05, 4.69) is 46.1 Å². The zero-order valence-corrected chi connectivity index (χ0v) is 11.8. The van der Waals surface area contributed by atoms with E-state index in [9.17, 15) is 0 Å². The van der Waals surface area contributed by atoms with Crippen LogP contribution >= 0.6 is 24.1 Å². The predicted octanol–water partition coefficient (Wildman–Crippen LogP) is 3.80. The molecule has 2 heterocycles. The quantitative estimate of drug-likeness (QED) is 0.796. The Morgan fingerprint density at radius 2 is 2.38 bits per heavy atom. The van der Waals surface area contributed by atoms with Crippen LogP contribution in [0.15, 0.2) is 22.7 Å². The van der Waals surface area contributed by atoms with Crippen LogP contribution in [0, 0.1) is 0 Å². The van der Waals surface area contributed by atoms with Gasteiger partial charge in [-0.1, -0.05) is 15.9 Å². The van der Waals surface area contributed by atoms with Gasteiger partial charge in [-0.05, 0) is 44.6 Å². The van der Waals surface area contributed by atoms with Gasteiger partial charge in [0.15, 0.2) is 0 Å². The molecule has 1 aliphatic heterocycles. The van der Waals surface area contributed by atoms with Crippen LogP contribution in [0.3, 0.4) is 0 Å². The Labute approximate surface area is 105 Å². The van der Waals surface area contributed by atoms with Crippen LogP contribution in [-0.2, 0) is 0 Å². The molecule has 0 N–H and O–H groups in total. The highest BCUT2D eigenvalue weighted by Crippen LogP contribution is 2.38. The van der Waals surface area contributed by atoms with E-state index in [1.54, 1.807) is 0 Å². The maximum absolute atomic E-state index is 4.80. The molecule has 2 aromatic rings. The van der Waals surface area contributed by atoms with Crippen molar-refractivity contribution in [3.05, 3.63) is 28.1 Å². The largest absolute Gasteiger partial charge is 0.298 e. The predicted molar refractivity (Wildman–Crippen MR) is 73.5 cm³/mol. The molecule has 1 aromatic carbocycles. The maximum Gasteiger partial charge on any atom is 0.0758 e. The van der Waals surface area contributed by atoms with Crippen LogP contribution < -0.4 is 0 Å². The molecule has 0 saturated carbocycles. The third kappa shape index (κ3) is 1.81. The molecule has 1 saturated heterocycles. The number of rotatable bonds is 1. The van der Waals surface area contributed by atoms with E-state index in [-0.39, 0.29) is 0 Å². The fourth-order valence-corrected chi connectivity index (χ4v) is 4.17. The molecule has 1 aromatic heterocycles. The maximum atomic E-state index is 4.80. The van der Waals surface area contributed by atoms with E-state index in [0.717, 1.165) is 12.7 Å². The molecule has 0 amide bonds. The van der Waals surface area contributed by atoms with Crippen LogP contribution in [0.25, 0.3) is 10.6 Å². The van der Waals surface area contributed by atoms with Crippen molar-refractivity contribution >= 4 is 34.8 Å². The lowest BCUT2D eigenvalue weighted by Gasteiger charge is -2.16. The van der Waals surface area contributed by atoms with Crippen molar-refractivity contribution in [1.82, 2.24) is 9.88 Å². The first kappa shape index (κ1) is 10.8. The fraction of sp³-hybridized carbons (Fsp3) is 0.417. The summed E-state index contributed by atoms with van der Waals surface area (Å²) in [7, 11) is 2.99. The van der Waals surface area contributed by atoms with Crippen molar-refractivity contribution in [3.8, 4) is 0 Å². The first-order chi connectivity index (χ1) is 7.74. The number of likely N-dealkylation sites (tertiary alicyclic amines) is 1. The molecular formula is C12H14BrN2P. The minimum absolute atomic E-state index is 0.588. The first-order valence-corrected chi connectivity index (χ1v) is 7.39. The topological polar surface area (TPSA) is 16.1 Å². The smallest absolute Gasteiger partial charge is 0.0758 e. The molecule has 0 spiro atoms. The minimum Gasteiger partial charge on any atom is -0.298 e. The molecule has 2 unspecified atom stereocenters. The zero-order valence-electron chi connectivity index (χ0n) is 9.20. The number of halogens is 1. The Morgan fingerprint density at radius 1 is 1.50 bits per heavy atom. The Balaban J connectivity index is 2.04. The van der Waals surface area contributed by atoms with Crippen LogP contribution in [0.4, 0.5) is 0 Å². The summed E-state index contributed by atoms with van der Waals surface area (Å²) in [6.45, 7) is 1.22. The van der Waals surface area contributed by atoms with Gasteiger partial charge in [-0.15, -0.1) is 8.19 Å². The third-order valence-corrected chi connectivity index (χ3v) is 5.19. The van der Waals surface area contributed by atoms with Gasteiger partial charge >= 0.3 is 0 Å². The molecule has 2 nitrogen and oxygen atoms in total. The molecule has 4 heteroatoms. The van der Waals surface area contributed by atoms with Gasteiger partial charge in [0.1, 0.15) is 0 Å². The summed E-state index contributed by atoms with van der Waals surface area (Å²) in [6, 6.07) is 7.03.